The highest BCUT2D eigenvalue weighted by Gasteiger charge is 2.27. The number of hydrogen-bond acceptors (Lipinski definition) is 3. The standard InChI is InChI=1S/C61H59N3O/c1-38(2)45-33-51(40(5)6)59(65)54(34-45)60-63-58-49(46-30-47(32-48(31-46)61(7,8)9)55-35-44(28-29-62-55)41-20-13-10-14-21-41)26-19-27-56(58)64(60)57-37-52(42-22-15-11-16-23-42)50(39(3)4)36-53(57)43-24-17-12-18-25-43/h10-40,65H,1-9H3/i10D,13D,14D,20D,21D,39D. The van der Waals surface area contributed by atoms with Crippen LogP contribution in [0.3, 0.4) is 0 Å². The summed E-state index contributed by atoms with van der Waals surface area (Å²) in [5.41, 5.74) is 14.0. The molecule has 0 amide bonds. The third-order valence-electron chi connectivity index (χ3n) is 12.4. The Morgan fingerprint density at radius 1 is 0.569 bits per heavy atom. The van der Waals surface area contributed by atoms with Crippen LogP contribution in [-0.2, 0) is 5.41 Å². The summed E-state index contributed by atoms with van der Waals surface area (Å²) in [5.74, 6) is -0.0268. The first-order chi connectivity index (χ1) is 33.6. The summed E-state index contributed by atoms with van der Waals surface area (Å²) in [4.78, 5) is 10.5. The van der Waals surface area contributed by atoms with Crippen LogP contribution in [0.25, 0.3) is 83.9 Å². The lowest BCUT2D eigenvalue weighted by Crippen LogP contribution is -2.11. The second-order valence-corrected chi connectivity index (χ2v) is 18.9. The van der Waals surface area contributed by atoms with E-state index in [4.69, 9.17) is 16.8 Å². The van der Waals surface area contributed by atoms with Crippen molar-refractivity contribution in [1.82, 2.24) is 14.5 Å². The van der Waals surface area contributed by atoms with Crippen LogP contribution in [-0.4, -0.2) is 19.6 Å². The first kappa shape index (κ1) is 36.3. The van der Waals surface area contributed by atoms with E-state index in [-0.39, 0.29) is 40.6 Å². The third-order valence-corrected chi connectivity index (χ3v) is 12.4. The maximum absolute atomic E-state index is 12.5. The summed E-state index contributed by atoms with van der Waals surface area (Å²) in [5, 5.41) is 12.5. The molecule has 65 heavy (non-hydrogen) atoms. The molecule has 0 radical (unpaired) electrons. The number of phenols is 1. The van der Waals surface area contributed by atoms with Crippen LogP contribution in [0.1, 0.15) is 111 Å². The van der Waals surface area contributed by atoms with Gasteiger partial charge in [-0.2, -0.15) is 0 Å². The maximum Gasteiger partial charge on any atom is 0.149 e. The molecule has 0 aliphatic carbocycles. The molecule has 324 valence electrons. The van der Waals surface area contributed by atoms with Gasteiger partial charge in [0, 0.05) is 24.3 Å². The summed E-state index contributed by atoms with van der Waals surface area (Å²) >= 11 is 0. The molecule has 2 aromatic heterocycles. The highest BCUT2D eigenvalue weighted by molar-refractivity contribution is 5.98. The van der Waals surface area contributed by atoms with Gasteiger partial charge >= 0.3 is 0 Å². The molecule has 0 saturated carbocycles. The fraction of sp³-hybridized carbons (Fsp3) is 0.213. The second-order valence-electron chi connectivity index (χ2n) is 18.9. The Kier molecular flexibility index (Phi) is 9.78. The molecular weight excluding hydrogens is 791 g/mol. The zero-order valence-corrected chi connectivity index (χ0v) is 38.7. The van der Waals surface area contributed by atoms with Crippen molar-refractivity contribution in [3.63, 3.8) is 0 Å². The predicted octanol–water partition coefficient (Wildman–Crippen LogP) is 16.8. The fourth-order valence-corrected chi connectivity index (χ4v) is 8.78. The van der Waals surface area contributed by atoms with Crippen molar-refractivity contribution < 1.29 is 13.3 Å². The van der Waals surface area contributed by atoms with E-state index in [2.05, 4.69) is 132 Å². The number of rotatable bonds is 10. The van der Waals surface area contributed by atoms with Crippen LogP contribution >= 0.6 is 0 Å². The first-order valence-electron chi connectivity index (χ1n) is 25.5. The van der Waals surface area contributed by atoms with Gasteiger partial charge in [0.15, 0.2) is 0 Å². The smallest absolute Gasteiger partial charge is 0.149 e. The van der Waals surface area contributed by atoms with Gasteiger partial charge in [0.05, 0.1) is 34.8 Å². The molecule has 0 atom stereocenters. The van der Waals surface area contributed by atoms with Crippen LogP contribution in [0.5, 0.6) is 5.75 Å². The lowest BCUT2D eigenvalue weighted by molar-refractivity contribution is 0.466. The number of fused-ring (bicyclic) bond motifs is 1. The van der Waals surface area contributed by atoms with E-state index in [0.29, 0.717) is 28.2 Å². The Morgan fingerprint density at radius 3 is 1.89 bits per heavy atom. The molecule has 9 rings (SSSR count). The summed E-state index contributed by atoms with van der Waals surface area (Å²) < 4.78 is 54.1. The summed E-state index contributed by atoms with van der Waals surface area (Å²) in [6.07, 6.45) is 1.62. The van der Waals surface area contributed by atoms with Gasteiger partial charge in [0.1, 0.15) is 11.6 Å². The molecule has 0 unspecified atom stereocenters. The second kappa shape index (κ2) is 17.5. The average molecular weight is 856 g/mol. The number of aromatic nitrogens is 3. The quantitative estimate of drug-likeness (QED) is 0.149. The lowest BCUT2D eigenvalue weighted by atomic mass is 9.83. The van der Waals surface area contributed by atoms with Crippen molar-refractivity contribution in [1.29, 1.82) is 0 Å². The Labute approximate surface area is 393 Å². The summed E-state index contributed by atoms with van der Waals surface area (Å²) in [7, 11) is 0. The summed E-state index contributed by atoms with van der Waals surface area (Å²) in [6, 6.07) is 43.3. The largest absolute Gasteiger partial charge is 0.507 e. The van der Waals surface area contributed by atoms with Crippen molar-refractivity contribution in [3.05, 3.63) is 192 Å². The Morgan fingerprint density at radius 2 is 1.25 bits per heavy atom. The van der Waals surface area contributed by atoms with Crippen LogP contribution in [0, 0.1) is 0 Å². The molecule has 0 fully saturated rings. The highest BCUT2D eigenvalue weighted by atomic mass is 16.3. The zero-order chi connectivity index (χ0) is 50.8. The molecule has 0 saturated heterocycles. The molecule has 9 aromatic rings. The van der Waals surface area contributed by atoms with Gasteiger partial charge in [-0.1, -0.05) is 177 Å². The molecule has 7 aromatic carbocycles. The van der Waals surface area contributed by atoms with Gasteiger partial charge in [-0.25, -0.2) is 4.98 Å². The molecule has 4 heteroatoms. The van der Waals surface area contributed by atoms with Gasteiger partial charge < -0.3 is 5.11 Å². The van der Waals surface area contributed by atoms with E-state index < -0.39 is 24.0 Å². The molecule has 0 aliphatic heterocycles. The van der Waals surface area contributed by atoms with E-state index in [0.717, 1.165) is 72.4 Å². The zero-order valence-electron chi connectivity index (χ0n) is 44.7. The van der Waals surface area contributed by atoms with Crippen molar-refractivity contribution >= 4 is 11.0 Å². The van der Waals surface area contributed by atoms with Gasteiger partial charge in [0.2, 0.25) is 0 Å². The number of pyridine rings is 1. The molecule has 2 heterocycles. The highest BCUT2D eigenvalue weighted by Crippen LogP contribution is 2.46. The van der Waals surface area contributed by atoms with E-state index in [1.807, 2.05) is 56.3 Å². The van der Waals surface area contributed by atoms with Crippen molar-refractivity contribution in [2.45, 2.75) is 85.5 Å². The third kappa shape index (κ3) is 8.42. The number of benzene rings is 7. The summed E-state index contributed by atoms with van der Waals surface area (Å²) in [6.45, 7) is 18.9. The Balaban J connectivity index is 1.38. The number of nitrogens with zero attached hydrogens (tertiary/aromatic N) is 3. The van der Waals surface area contributed by atoms with Crippen molar-refractivity contribution in [3.8, 4) is 78.6 Å². The van der Waals surface area contributed by atoms with Crippen LogP contribution < -0.4 is 0 Å². The normalized spacial score (nSPS) is 13.4. The number of para-hydroxylation sites is 1. The number of aromatic hydroxyl groups is 1. The first-order valence-corrected chi connectivity index (χ1v) is 22.5. The lowest BCUT2D eigenvalue weighted by Gasteiger charge is -2.23. The van der Waals surface area contributed by atoms with Crippen LogP contribution in [0.4, 0.5) is 0 Å². The van der Waals surface area contributed by atoms with Crippen molar-refractivity contribution in [2.75, 3.05) is 0 Å². The molecule has 0 bridgehead atoms. The van der Waals surface area contributed by atoms with Gasteiger partial charge in [-0.3, -0.25) is 9.55 Å². The van der Waals surface area contributed by atoms with E-state index in [1.165, 1.54) is 0 Å². The topological polar surface area (TPSA) is 50.9 Å². The molecular formula is C61H59N3O. The fourth-order valence-electron chi connectivity index (χ4n) is 8.78. The van der Waals surface area contributed by atoms with Crippen LogP contribution in [0.15, 0.2) is 170 Å². The number of hydrogen-bond donors (Lipinski definition) is 1. The SMILES string of the molecule is [2H]c1c([2H])c([2H])c(-c2ccnc(-c3cc(-c4cccc5c4nc(-c4cc(C(C)C)cc(C(C)C)c4O)n5-c4cc(-c5ccccc5)c(C([2H])(C)C)cc4-c4ccccc4)cc(C(C)(C)C)c3)c2)c([2H])c1[2H]. The van der Waals surface area contributed by atoms with Gasteiger partial charge in [0.25, 0.3) is 0 Å². The van der Waals surface area contributed by atoms with E-state index in [9.17, 15) is 6.48 Å². The van der Waals surface area contributed by atoms with Crippen molar-refractivity contribution in [2.24, 2.45) is 0 Å². The van der Waals surface area contributed by atoms with Gasteiger partial charge in [-0.15, -0.1) is 0 Å². The van der Waals surface area contributed by atoms with Gasteiger partial charge in [-0.05, 0) is 127 Å². The molecule has 4 nitrogen and oxygen atoms in total. The Bertz CT molecular complexity index is 3480. The minimum atomic E-state index is -0.963. The van der Waals surface area contributed by atoms with E-state index in [1.54, 1.807) is 18.3 Å². The number of phenolic OH excluding ortho intramolecular Hbond substituents is 1. The number of imidazole rings is 1. The van der Waals surface area contributed by atoms with E-state index >= 15 is 0 Å². The monoisotopic (exact) mass is 856 g/mol. The molecule has 0 spiro atoms. The van der Waals surface area contributed by atoms with Crippen LogP contribution in [0.2, 0.25) is 0 Å². The minimum absolute atomic E-state index is 0.0233. The Hall–Kier alpha value is -7.04. The molecule has 0 aliphatic rings. The maximum atomic E-state index is 12.5. The minimum Gasteiger partial charge on any atom is -0.507 e. The predicted molar refractivity (Wildman–Crippen MR) is 274 cm³/mol. The average Bonchev–Trinajstić information content (AvgIpc) is 3.74. The molecule has 1 N–H and O–H groups in total.